The lowest BCUT2D eigenvalue weighted by molar-refractivity contribution is 0.460. The number of rotatable bonds is 9. The van der Waals surface area contributed by atoms with E-state index in [1.54, 1.807) is 0 Å². The van der Waals surface area contributed by atoms with E-state index in [9.17, 15) is 0 Å². The third kappa shape index (κ3) is 10.3. The van der Waals surface area contributed by atoms with Crippen LogP contribution in [-0.2, 0) is 0 Å². The highest BCUT2D eigenvalue weighted by Crippen LogP contribution is 2.08. The summed E-state index contributed by atoms with van der Waals surface area (Å²) in [6.07, 6.45) is 9.87. The minimum atomic E-state index is 1.15. The molecule has 0 saturated heterocycles. The molecule has 1 nitrogen and oxygen atoms in total. The van der Waals surface area contributed by atoms with Crippen molar-refractivity contribution in [3.8, 4) is 0 Å². The number of hydrogen-bond donors (Lipinski definition) is 0. The zero-order valence-corrected chi connectivity index (χ0v) is 10.5. The fraction of sp³-hybridized carbons (Fsp3) is 1.00. The minimum absolute atomic E-state index is 1.15. The van der Waals surface area contributed by atoms with Crippen molar-refractivity contribution in [2.75, 3.05) is 13.1 Å². The Kier molecular flexibility index (Phi) is 10.8. The normalized spacial score (nSPS) is 11.1. The molecule has 0 aliphatic rings. The highest BCUT2D eigenvalue weighted by Gasteiger charge is 1.94. The van der Waals surface area contributed by atoms with Gasteiger partial charge in [-0.2, -0.15) is 0 Å². The van der Waals surface area contributed by atoms with Crippen LogP contribution in [0.3, 0.4) is 0 Å². The molecule has 0 heterocycles. The Morgan fingerprint density at radius 2 is 1.38 bits per heavy atom. The van der Waals surface area contributed by atoms with Gasteiger partial charge in [0.25, 0.3) is 0 Å². The Morgan fingerprint density at radius 1 is 0.846 bits per heavy atom. The smallest absolute Gasteiger partial charge is 0.00160 e. The lowest BCUT2D eigenvalue weighted by Gasteiger charge is -2.12. The van der Waals surface area contributed by atoms with Crippen LogP contribution >= 0.6 is 9.39 Å². The van der Waals surface area contributed by atoms with Crippen LogP contribution in [-0.4, -0.2) is 17.8 Å². The largest absolute Gasteiger partial charge is 0.288 e. The summed E-state index contributed by atoms with van der Waals surface area (Å²) in [7, 11) is 2.78. The van der Waals surface area contributed by atoms with Gasteiger partial charge in [-0.25, -0.2) is 0 Å². The first kappa shape index (κ1) is 13.4. The third-order valence-corrected chi connectivity index (χ3v) is 3.08. The van der Waals surface area contributed by atoms with Crippen molar-refractivity contribution >= 4 is 9.39 Å². The van der Waals surface area contributed by atoms with Crippen molar-refractivity contribution < 1.29 is 0 Å². The molecule has 0 aliphatic carbocycles. The van der Waals surface area contributed by atoms with Gasteiger partial charge in [0, 0.05) is 6.54 Å². The molecule has 2 heteroatoms. The second kappa shape index (κ2) is 10.5. The Labute approximate surface area is 86.5 Å². The van der Waals surface area contributed by atoms with Crippen LogP contribution in [0.1, 0.15) is 58.8 Å². The Balaban J connectivity index is 2.91. The molecule has 0 aromatic heterocycles. The molecule has 0 aromatic rings. The average molecular weight is 203 g/mol. The van der Waals surface area contributed by atoms with Gasteiger partial charge in [0.05, 0.1) is 0 Å². The van der Waals surface area contributed by atoms with Crippen LogP contribution in [0.4, 0.5) is 0 Å². The van der Waals surface area contributed by atoms with E-state index in [-0.39, 0.29) is 0 Å². The van der Waals surface area contributed by atoms with Crippen LogP contribution in [0.25, 0.3) is 0 Å². The van der Waals surface area contributed by atoms with Gasteiger partial charge in [0.1, 0.15) is 0 Å². The zero-order valence-electron chi connectivity index (χ0n) is 9.39. The van der Waals surface area contributed by atoms with Crippen molar-refractivity contribution in [1.82, 2.24) is 4.67 Å². The maximum Gasteiger partial charge on any atom is 0.00160 e. The highest BCUT2D eigenvalue weighted by atomic mass is 31.0. The first-order valence-corrected chi connectivity index (χ1v) is 6.32. The quantitative estimate of drug-likeness (QED) is 0.406. The van der Waals surface area contributed by atoms with Crippen LogP contribution in [0.15, 0.2) is 0 Å². The summed E-state index contributed by atoms with van der Waals surface area (Å²) in [5, 5.41) is 0. The zero-order chi connectivity index (χ0) is 9.94. The lowest BCUT2D eigenvalue weighted by Crippen LogP contribution is -2.11. The van der Waals surface area contributed by atoms with Gasteiger partial charge in [-0.3, -0.25) is 4.67 Å². The number of hydrogen-bond acceptors (Lipinski definition) is 1. The lowest BCUT2D eigenvalue weighted by atomic mass is 10.1. The van der Waals surface area contributed by atoms with Crippen molar-refractivity contribution in [2.45, 2.75) is 58.8 Å². The SMILES string of the molecule is CCCCCCCCCN(P)CC. The van der Waals surface area contributed by atoms with Crippen LogP contribution < -0.4 is 0 Å². The van der Waals surface area contributed by atoms with Gasteiger partial charge in [0.2, 0.25) is 0 Å². The Morgan fingerprint density at radius 3 is 1.92 bits per heavy atom. The van der Waals surface area contributed by atoms with E-state index in [1.165, 1.54) is 51.5 Å². The van der Waals surface area contributed by atoms with E-state index in [0.717, 1.165) is 6.54 Å². The summed E-state index contributed by atoms with van der Waals surface area (Å²) in [6, 6.07) is 0. The van der Waals surface area contributed by atoms with E-state index < -0.39 is 0 Å². The van der Waals surface area contributed by atoms with Gasteiger partial charge in [-0.1, -0.05) is 61.8 Å². The highest BCUT2D eigenvalue weighted by molar-refractivity contribution is 7.13. The summed E-state index contributed by atoms with van der Waals surface area (Å²) in [6.45, 7) is 6.87. The molecule has 0 aromatic carbocycles. The molecule has 80 valence electrons. The molecule has 13 heavy (non-hydrogen) atoms. The number of unbranched alkanes of at least 4 members (excludes halogenated alkanes) is 6. The van der Waals surface area contributed by atoms with E-state index in [4.69, 9.17) is 0 Å². The monoisotopic (exact) mass is 203 g/mol. The fourth-order valence-electron chi connectivity index (χ4n) is 1.43. The summed E-state index contributed by atoms with van der Waals surface area (Å²) in [4.78, 5) is 0. The third-order valence-electron chi connectivity index (χ3n) is 2.46. The molecule has 0 amide bonds. The summed E-state index contributed by atoms with van der Waals surface area (Å²) in [5.74, 6) is 0. The molecular weight excluding hydrogens is 177 g/mol. The molecule has 0 aliphatic heterocycles. The molecule has 0 saturated carbocycles. The van der Waals surface area contributed by atoms with Gasteiger partial charge in [-0.05, 0) is 13.0 Å². The molecule has 1 atom stereocenters. The van der Waals surface area contributed by atoms with E-state index >= 15 is 0 Å². The van der Waals surface area contributed by atoms with Gasteiger partial charge in [-0.15, -0.1) is 0 Å². The van der Waals surface area contributed by atoms with Gasteiger partial charge < -0.3 is 0 Å². The molecule has 0 rings (SSSR count). The molecule has 0 spiro atoms. The van der Waals surface area contributed by atoms with Crippen molar-refractivity contribution in [3.05, 3.63) is 0 Å². The standard InChI is InChI=1S/C11H26NP/c1-3-5-6-7-8-9-10-11-12(13)4-2/h3-11,13H2,1-2H3. The topological polar surface area (TPSA) is 3.24 Å². The average Bonchev–Trinajstić information content (AvgIpc) is 2.16. The van der Waals surface area contributed by atoms with E-state index in [1.807, 2.05) is 0 Å². The van der Waals surface area contributed by atoms with Crippen molar-refractivity contribution in [2.24, 2.45) is 0 Å². The van der Waals surface area contributed by atoms with E-state index in [0.29, 0.717) is 0 Å². The van der Waals surface area contributed by atoms with Crippen LogP contribution in [0, 0.1) is 0 Å². The summed E-state index contributed by atoms with van der Waals surface area (Å²) >= 11 is 0. The maximum absolute atomic E-state index is 2.78. The van der Waals surface area contributed by atoms with Gasteiger partial charge in [0.15, 0.2) is 0 Å². The van der Waals surface area contributed by atoms with Crippen LogP contribution in [0.5, 0.6) is 0 Å². The maximum atomic E-state index is 2.78. The Hall–Kier alpha value is 0.390. The van der Waals surface area contributed by atoms with Crippen molar-refractivity contribution in [3.63, 3.8) is 0 Å². The first-order chi connectivity index (χ1) is 6.31. The van der Waals surface area contributed by atoms with Crippen LogP contribution in [0.2, 0.25) is 0 Å². The molecule has 0 fully saturated rings. The first-order valence-electron chi connectivity index (χ1n) is 5.80. The minimum Gasteiger partial charge on any atom is -0.288 e. The van der Waals surface area contributed by atoms with Crippen molar-refractivity contribution in [1.29, 1.82) is 0 Å². The second-order valence-corrected chi connectivity index (χ2v) is 4.48. The summed E-state index contributed by atoms with van der Waals surface area (Å²) < 4.78 is 2.31. The van der Waals surface area contributed by atoms with Gasteiger partial charge >= 0.3 is 0 Å². The fourth-order valence-corrected chi connectivity index (χ4v) is 1.61. The van der Waals surface area contributed by atoms with E-state index in [2.05, 4.69) is 27.9 Å². The number of nitrogens with zero attached hydrogens (tertiary/aromatic N) is 1. The summed E-state index contributed by atoms with van der Waals surface area (Å²) in [5.41, 5.74) is 0. The predicted molar refractivity (Wildman–Crippen MR) is 65.0 cm³/mol. The molecule has 0 bridgehead atoms. The molecule has 0 N–H and O–H groups in total. The molecule has 1 unspecified atom stereocenters. The Bertz CT molecular complexity index is 96.1. The molecular formula is C11H26NP. The molecule has 0 radical (unpaired) electrons. The second-order valence-electron chi connectivity index (χ2n) is 3.75. The predicted octanol–water partition coefficient (Wildman–Crippen LogP) is 3.85.